The van der Waals surface area contributed by atoms with Gasteiger partial charge in [-0.1, -0.05) is 48.6 Å². The molecule has 0 aliphatic carbocycles. The van der Waals surface area contributed by atoms with Crippen LogP contribution in [0.4, 0.5) is 0 Å². The standard InChI is InChI=1S/C22H22O2Si2/c1-5-21(6-2)25-23-19-14-12-17(13-15-19)18-10-9-11-20(16-18)24-26-22(7-3)8-4/h5-16,21-22H,1-4H2. The molecule has 130 valence electrons. The molecule has 0 aliphatic rings. The molecule has 2 nitrogen and oxygen atoms in total. The first-order chi connectivity index (χ1) is 12.7. The first kappa shape index (κ1) is 19.8. The molecule has 0 aromatic heterocycles. The van der Waals surface area contributed by atoms with E-state index in [1.807, 2.05) is 66.8 Å². The van der Waals surface area contributed by atoms with Crippen molar-refractivity contribution >= 4 is 19.5 Å². The summed E-state index contributed by atoms with van der Waals surface area (Å²) in [7, 11) is 0.566. The lowest BCUT2D eigenvalue weighted by molar-refractivity contribution is 0.590. The summed E-state index contributed by atoms with van der Waals surface area (Å²) in [4.78, 5) is 0. The van der Waals surface area contributed by atoms with Crippen LogP contribution in [0.2, 0.25) is 11.1 Å². The molecule has 0 unspecified atom stereocenters. The van der Waals surface area contributed by atoms with Gasteiger partial charge in [0.05, 0.1) is 0 Å². The van der Waals surface area contributed by atoms with E-state index in [1.165, 1.54) is 0 Å². The minimum absolute atomic E-state index is 0.172. The first-order valence-corrected chi connectivity index (χ1v) is 10.2. The Kier molecular flexibility index (Phi) is 7.92. The van der Waals surface area contributed by atoms with Gasteiger partial charge in [0.25, 0.3) is 0 Å². The molecule has 0 bridgehead atoms. The Hall–Kier alpha value is -2.57. The van der Waals surface area contributed by atoms with Crippen LogP contribution < -0.4 is 8.85 Å². The van der Waals surface area contributed by atoms with Gasteiger partial charge in [-0.15, -0.1) is 26.3 Å². The van der Waals surface area contributed by atoms with Crippen LogP contribution in [0.15, 0.2) is 99.2 Å². The average molecular weight is 375 g/mol. The summed E-state index contributed by atoms with van der Waals surface area (Å²) < 4.78 is 11.7. The molecule has 0 N–H and O–H groups in total. The first-order valence-electron chi connectivity index (χ1n) is 8.25. The van der Waals surface area contributed by atoms with Gasteiger partial charge in [-0.05, 0) is 35.4 Å². The molecule has 26 heavy (non-hydrogen) atoms. The van der Waals surface area contributed by atoms with Gasteiger partial charge < -0.3 is 8.85 Å². The number of hydrogen-bond acceptors (Lipinski definition) is 2. The van der Waals surface area contributed by atoms with Crippen LogP contribution in [0.3, 0.4) is 0 Å². The predicted molar refractivity (Wildman–Crippen MR) is 113 cm³/mol. The maximum atomic E-state index is 5.87. The molecular weight excluding hydrogens is 352 g/mol. The van der Waals surface area contributed by atoms with E-state index in [9.17, 15) is 0 Å². The quantitative estimate of drug-likeness (QED) is 0.373. The molecule has 0 saturated carbocycles. The summed E-state index contributed by atoms with van der Waals surface area (Å²) in [5.41, 5.74) is 2.57. The minimum Gasteiger partial charge on any atom is -0.540 e. The third kappa shape index (κ3) is 5.76. The summed E-state index contributed by atoms with van der Waals surface area (Å²) in [6.07, 6.45) is 7.38. The normalized spacial score (nSPS) is 10.4. The molecule has 0 heterocycles. The summed E-state index contributed by atoms with van der Waals surface area (Å²) in [5.74, 6) is 1.69. The van der Waals surface area contributed by atoms with Crippen LogP contribution in [0.25, 0.3) is 11.1 Å². The molecule has 0 spiro atoms. The molecule has 0 saturated heterocycles. The van der Waals surface area contributed by atoms with Crippen LogP contribution >= 0.6 is 0 Å². The average Bonchev–Trinajstić information content (AvgIpc) is 2.70. The van der Waals surface area contributed by atoms with Crippen molar-refractivity contribution in [3.63, 3.8) is 0 Å². The Balaban J connectivity index is 2.03. The van der Waals surface area contributed by atoms with Crippen LogP contribution in [0.5, 0.6) is 11.5 Å². The summed E-state index contributed by atoms with van der Waals surface area (Å²) in [5, 5.41) is 0. The molecule has 2 aromatic rings. The fourth-order valence-electron chi connectivity index (χ4n) is 2.11. The third-order valence-corrected chi connectivity index (χ3v) is 5.86. The zero-order chi connectivity index (χ0) is 18.8. The smallest absolute Gasteiger partial charge is 0.322 e. The number of rotatable bonds is 11. The van der Waals surface area contributed by atoms with Gasteiger partial charge in [0.15, 0.2) is 0 Å². The van der Waals surface area contributed by atoms with Gasteiger partial charge in [0, 0.05) is 11.1 Å². The SMILES string of the molecule is C=CC(C=C)[Si]Oc1ccc(-c2cccc(O[Si]C(C=C)C=C)c2)cc1. The molecular formula is C22H22O2Si2. The largest absolute Gasteiger partial charge is 0.540 e. The highest BCUT2D eigenvalue weighted by molar-refractivity contribution is 6.32. The van der Waals surface area contributed by atoms with E-state index in [-0.39, 0.29) is 30.6 Å². The second kappa shape index (κ2) is 10.4. The highest BCUT2D eigenvalue weighted by Crippen LogP contribution is 2.26. The zero-order valence-corrected chi connectivity index (χ0v) is 16.7. The van der Waals surface area contributed by atoms with E-state index in [0.29, 0.717) is 0 Å². The van der Waals surface area contributed by atoms with E-state index in [2.05, 4.69) is 32.4 Å². The second-order valence-electron chi connectivity index (χ2n) is 5.49. The number of hydrogen-bond donors (Lipinski definition) is 0. The van der Waals surface area contributed by atoms with Gasteiger partial charge in [0.2, 0.25) is 0 Å². The highest BCUT2D eigenvalue weighted by Gasteiger charge is 2.07. The summed E-state index contributed by atoms with van der Waals surface area (Å²) in [6, 6.07) is 16.1. The Morgan fingerprint density at radius 2 is 1.19 bits per heavy atom. The van der Waals surface area contributed by atoms with Gasteiger partial charge in [-0.25, -0.2) is 0 Å². The molecule has 0 fully saturated rings. The lowest BCUT2D eigenvalue weighted by Crippen LogP contribution is -2.07. The Morgan fingerprint density at radius 3 is 1.73 bits per heavy atom. The Labute approximate surface area is 161 Å². The molecule has 0 aliphatic heterocycles. The van der Waals surface area contributed by atoms with Crippen molar-refractivity contribution in [2.24, 2.45) is 0 Å². The highest BCUT2D eigenvalue weighted by atomic mass is 28.2. The van der Waals surface area contributed by atoms with Crippen molar-refractivity contribution in [1.82, 2.24) is 0 Å². The topological polar surface area (TPSA) is 18.5 Å². The summed E-state index contributed by atoms with van der Waals surface area (Å²) in [6.45, 7) is 15.1. The zero-order valence-electron chi connectivity index (χ0n) is 14.7. The maximum absolute atomic E-state index is 5.87. The summed E-state index contributed by atoms with van der Waals surface area (Å²) >= 11 is 0. The van der Waals surface area contributed by atoms with E-state index in [0.717, 1.165) is 22.6 Å². The van der Waals surface area contributed by atoms with Crippen LogP contribution in [-0.2, 0) is 0 Å². The fourth-order valence-corrected chi connectivity index (χ4v) is 3.30. The Bertz CT molecular complexity index is 737. The van der Waals surface area contributed by atoms with Gasteiger partial charge in [-0.2, -0.15) is 0 Å². The molecule has 0 amide bonds. The van der Waals surface area contributed by atoms with Crippen LogP contribution in [0, 0.1) is 0 Å². The predicted octanol–water partition coefficient (Wildman–Crippen LogP) is 5.67. The van der Waals surface area contributed by atoms with Crippen molar-refractivity contribution in [2.45, 2.75) is 11.1 Å². The van der Waals surface area contributed by atoms with E-state index >= 15 is 0 Å². The molecule has 2 rings (SSSR count). The Morgan fingerprint density at radius 1 is 0.654 bits per heavy atom. The van der Waals surface area contributed by atoms with E-state index in [1.54, 1.807) is 0 Å². The van der Waals surface area contributed by atoms with Gasteiger partial charge >= 0.3 is 19.5 Å². The van der Waals surface area contributed by atoms with Gasteiger partial charge in [-0.3, -0.25) is 0 Å². The second-order valence-corrected chi connectivity index (χ2v) is 7.70. The van der Waals surface area contributed by atoms with E-state index < -0.39 is 0 Å². The van der Waals surface area contributed by atoms with Crippen molar-refractivity contribution in [2.75, 3.05) is 0 Å². The molecule has 4 radical (unpaired) electrons. The minimum atomic E-state index is 0.172. The number of benzene rings is 2. The molecule has 4 heteroatoms. The third-order valence-electron chi connectivity index (χ3n) is 3.66. The van der Waals surface area contributed by atoms with Crippen molar-refractivity contribution in [3.8, 4) is 22.6 Å². The maximum Gasteiger partial charge on any atom is 0.322 e. The van der Waals surface area contributed by atoms with Crippen LogP contribution in [-0.4, -0.2) is 19.5 Å². The van der Waals surface area contributed by atoms with E-state index in [4.69, 9.17) is 8.85 Å². The van der Waals surface area contributed by atoms with Crippen molar-refractivity contribution in [1.29, 1.82) is 0 Å². The molecule has 2 aromatic carbocycles. The van der Waals surface area contributed by atoms with Crippen molar-refractivity contribution < 1.29 is 8.85 Å². The molecule has 0 atom stereocenters. The van der Waals surface area contributed by atoms with Crippen molar-refractivity contribution in [3.05, 3.63) is 99.2 Å². The van der Waals surface area contributed by atoms with Gasteiger partial charge in [0.1, 0.15) is 11.5 Å². The fraction of sp³-hybridized carbons (Fsp3) is 0.0909. The number of allylic oxidation sites excluding steroid dienone is 4. The lowest BCUT2D eigenvalue weighted by Gasteiger charge is -2.11. The monoisotopic (exact) mass is 374 g/mol. The van der Waals surface area contributed by atoms with Crippen LogP contribution in [0.1, 0.15) is 0 Å². The lowest BCUT2D eigenvalue weighted by atomic mass is 10.1.